The summed E-state index contributed by atoms with van der Waals surface area (Å²) in [5.74, 6) is 0.482. The van der Waals surface area contributed by atoms with Crippen molar-refractivity contribution in [3.05, 3.63) is 53.0 Å². The third-order valence-corrected chi connectivity index (χ3v) is 9.16. The van der Waals surface area contributed by atoms with Crippen molar-refractivity contribution < 1.29 is 19.0 Å². The molecule has 35 heavy (non-hydrogen) atoms. The zero-order valence-electron chi connectivity index (χ0n) is 20.3. The van der Waals surface area contributed by atoms with Crippen molar-refractivity contribution in [2.24, 2.45) is 11.8 Å². The van der Waals surface area contributed by atoms with Gasteiger partial charge in [0, 0.05) is 28.8 Å². The second kappa shape index (κ2) is 12.2. The lowest BCUT2D eigenvalue weighted by atomic mass is 9.81. The number of hydrogen-bond donors (Lipinski definition) is 1. The minimum Gasteiger partial charge on any atom is -0.497 e. The number of aromatic nitrogens is 1. The Morgan fingerprint density at radius 1 is 1.34 bits per heavy atom. The van der Waals surface area contributed by atoms with Gasteiger partial charge in [-0.25, -0.2) is 4.39 Å². The molecule has 0 saturated carbocycles. The van der Waals surface area contributed by atoms with Gasteiger partial charge in [0.2, 0.25) is 0 Å². The molecule has 3 heterocycles. The second-order valence-corrected chi connectivity index (χ2v) is 11.9. The molecule has 1 N–H and O–H groups in total. The molecule has 0 spiro atoms. The van der Waals surface area contributed by atoms with E-state index in [0.717, 1.165) is 42.6 Å². The van der Waals surface area contributed by atoms with Gasteiger partial charge in [-0.15, -0.1) is 23.1 Å². The maximum atomic E-state index is 15.4. The van der Waals surface area contributed by atoms with Crippen LogP contribution in [0.5, 0.6) is 5.75 Å². The molecule has 1 fully saturated rings. The topological polar surface area (TPSA) is 62.7 Å². The minimum absolute atomic E-state index is 0.00638. The summed E-state index contributed by atoms with van der Waals surface area (Å²) in [6.07, 6.45) is 3.16. The van der Waals surface area contributed by atoms with Gasteiger partial charge in [-0.3, -0.25) is 9.78 Å². The van der Waals surface area contributed by atoms with Crippen LogP contribution in [0.4, 0.5) is 4.39 Å². The summed E-state index contributed by atoms with van der Waals surface area (Å²) in [4.78, 5) is 20.0. The number of likely N-dealkylation sites (tertiary alicyclic amines) is 1. The number of halogens is 1. The molecular formula is C27H33FN2O3S2. The van der Waals surface area contributed by atoms with E-state index in [1.165, 1.54) is 9.09 Å². The Kier molecular flexibility index (Phi) is 9.03. The third-order valence-electron chi connectivity index (χ3n) is 6.85. The fourth-order valence-electron chi connectivity index (χ4n) is 4.91. The molecule has 8 heteroatoms. The van der Waals surface area contributed by atoms with Crippen molar-refractivity contribution >= 4 is 40.0 Å². The third kappa shape index (κ3) is 6.74. The normalized spacial score (nSPS) is 19.6. The number of carbonyl (C=O) groups is 1. The summed E-state index contributed by atoms with van der Waals surface area (Å²) >= 11 is 3.69. The van der Waals surface area contributed by atoms with E-state index in [4.69, 9.17) is 4.74 Å². The van der Waals surface area contributed by atoms with Crippen LogP contribution in [-0.2, 0) is 4.79 Å². The highest BCUT2D eigenvalue weighted by atomic mass is 32.2. The summed E-state index contributed by atoms with van der Waals surface area (Å²) in [6.45, 7) is 4.45. The maximum absolute atomic E-state index is 15.4. The molecule has 5 nitrogen and oxygen atoms in total. The van der Waals surface area contributed by atoms with E-state index >= 15 is 4.39 Å². The fraction of sp³-hybridized carbons (Fsp3) is 0.481. The number of carboxylic acids is 1. The molecule has 1 aromatic carbocycles. The van der Waals surface area contributed by atoms with Crippen molar-refractivity contribution in [2.75, 3.05) is 32.5 Å². The van der Waals surface area contributed by atoms with Crippen molar-refractivity contribution in [1.29, 1.82) is 0 Å². The number of hydrogen-bond acceptors (Lipinski definition) is 6. The minimum atomic E-state index is -1.17. The largest absolute Gasteiger partial charge is 0.497 e. The molecule has 3 atom stereocenters. The molecule has 1 aliphatic heterocycles. The number of ether oxygens (including phenoxy) is 1. The number of nitrogens with zero attached hydrogens (tertiary/aromatic N) is 2. The van der Waals surface area contributed by atoms with Gasteiger partial charge >= 0.3 is 5.97 Å². The Labute approximate surface area is 214 Å². The van der Waals surface area contributed by atoms with Gasteiger partial charge in [0.05, 0.1) is 22.8 Å². The molecule has 4 rings (SSSR count). The first kappa shape index (κ1) is 25.9. The standard InChI is InChI=1S/C27H33FN2O3S2/c1-18-4-9-26(35-18)34-15-3-13-30-14-11-19(23(17-30)27(31)32)5-7-24(28)21-10-12-29-25-8-6-20(33-2)16-22(21)25/h4,6,8-10,12,16,19,23-24H,3,5,7,11,13-15,17H2,1-2H3,(H,31,32)/t19-,23+,24-/m1/s1. The molecule has 1 aliphatic rings. The Bertz CT molecular complexity index is 1140. The smallest absolute Gasteiger partial charge is 0.308 e. The molecule has 0 radical (unpaired) electrons. The molecule has 188 valence electrons. The van der Waals surface area contributed by atoms with E-state index in [-0.39, 0.29) is 5.92 Å². The Morgan fingerprint density at radius 2 is 2.20 bits per heavy atom. The molecule has 0 unspecified atom stereocenters. The maximum Gasteiger partial charge on any atom is 0.308 e. The average Bonchev–Trinajstić information content (AvgIpc) is 3.29. The van der Waals surface area contributed by atoms with E-state index in [1.807, 2.05) is 41.3 Å². The van der Waals surface area contributed by atoms with Crippen LogP contribution in [0.1, 0.15) is 42.3 Å². The predicted molar refractivity (Wildman–Crippen MR) is 141 cm³/mol. The van der Waals surface area contributed by atoms with Crippen molar-refractivity contribution in [3.8, 4) is 5.75 Å². The number of carboxylic acid groups (broad SMARTS) is 1. The SMILES string of the molecule is COc1ccc2nccc([C@H](F)CC[C@@H]3CCN(CCCSc4ccc(C)s4)C[C@@H]3C(=O)O)c2c1. The van der Waals surface area contributed by atoms with E-state index in [0.29, 0.717) is 30.7 Å². The van der Waals surface area contributed by atoms with E-state index < -0.39 is 18.1 Å². The van der Waals surface area contributed by atoms with Crippen LogP contribution in [0.2, 0.25) is 0 Å². The first-order chi connectivity index (χ1) is 16.9. The summed E-state index contributed by atoms with van der Waals surface area (Å²) in [7, 11) is 1.59. The number of methoxy groups -OCH3 is 1. The monoisotopic (exact) mass is 516 g/mol. The summed E-state index contributed by atoms with van der Waals surface area (Å²) < 4.78 is 22.0. The van der Waals surface area contributed by atoms with Crippen LogP contribution in [0.25, 0.3) is 10.9 Å². The van der Waals surface area contributed by atoms with Crippen molar-refractivity contribution in [1.82, 2.24) is 9.88 Å². The lowest BCUT2D eigenvalue weighted by Crippen LogP contribution is -2.44. The lowest BCUT2D eigenvalue weighted by molar-refractivity contribution is -0.146. The quantitative estimate of drug-likeness (QED) is 0.229. The molecule has 3 aromatic rings. The van der Waals surface area contributed by atoms with Crippen LogP contribution >= 0.6 is 23.1 Å². The second-order valence-electron chi connectivity index (χ2n) is 9.19. The summed E-state index contributed by atoms with van der Waals surface area (Å²) in [5.41, 5.74) is 1.33. The number of aryl methyl sites for hydroxylation is 1. The number of benzene rings is 1. The molecule has 2 aromatic heterocycles. The van der Waals surface area contributed by atoms with E-state index in [1.54, 1.807) is 19.4 Å². The Morgan fingerprint density at radius 3 is 2.94 bits per heavy atom. The van der Waals surface area contributed by atoms with Gasteiger partial charge < -0.3 is 14.7 Å². The Balaban J connectivity index is 1.30. The van der Waals surface area contributed by atoms with Gasteiger partial charge in [-0.2, -0.15) is 0 Å². The number of pyridine rings is 1. The molecular weight excluding hydrogens is 483 g/mol. The predicted octanol–water partition coefficient (Wildman–Crippen LogP) is 6.61. The highest BCUT2D eigenvalue weighted by Crippen LogP contribution is 2.35. The van der Waals surface area contributed by atoms with Gasteiger partial charge in [-0.1, -0.05) is 0 Å². The van der Waals surface area contributed by atoms with Crippen LogP contribution in [0, 0.1) is 18.8 Å². The van der Waals surface area contributed by atoms with Crippen LogP contribution in [0.15, 0.2) is 46.8 Å². The molecule has 1 saturated heterocycles. The number of thioether (sulfide) groups is 1. The van der Waals surface area contributed by atoms with Gasteiger partial charge in [0.15, 0.2) is 0 Å². The summed E-state index contributed by atoms with van der Waals surface area (Å²) in [5, 5.41) is 10.6. The number of rotatable bonds is 11. The summed E-state index contributed by atoms with van der Waals surface area (Å²) in [6, 6.07) is 11.5. The Hall–Kier alpha value is -2.16. The molecule has 0 amide bonds. The van der Waals surface area contributed by atoms with Crippen molar-refractivity contribution in [3.63, 3.8) is 0 Å². The number of piperidine rings is 1. The van der Waals surface area contributed by atoms with Gasteiger partial charge in [0.1, 0.15) is 11.9 Å². The number of alkyl halides is 1. The van der Waals surface area contributed by atoms with Gasteiger partial charge in [-0.05, 0) is 93.6 Å². The average molecular weight is 517 g/mol. The van der Waals surface area contributed by atoms with E-state index in [2.05, 4.69) is 28.9 Å². The first-order valence-electron chi connectivity index (χ1n) is 12.2. The first-order valence-corrected chi connectivity index (χ1v) is 14.0. The highest BCUT2D eigenvalue weighted by molar-refractivity contribution is 8.01. The lowest BCUT2D eigenvalue weighted by Gasteiger charge is -2.36. The number of fused-ring (bicyclic) bond motifs is 1. The van der Waals surface area contributed by atoms with Crippen LogP contribution in [-0.4, -0.2) is 53.5 Å². The highest BCUT2D eigenvalue weighted by Gasteiger charge is 2.34. The van der Waals surface area contributed by atoms with Crippen LogP contribution < -0.4 is 4.74 Å². The molecule has 0 aliphatic carbocycles. The van der Waals surface area contributed by atoms with E-state index in [9.17, 15) is 9.90 Å². The fourth-order valence-corrected chi connectivity index (χ4v) is 7.02. The van der Waals surface area contributed by atoms with Crippen molar-refractivity contribution in [2.45, 2.75) is 43.0 Å². The zero-order chi connectivity index (χ0) is 24.8. The zero-order valence-corrected chi connectivity index (χ0v) is 21.9. The number of thiophene rings is 1. The van der Waals surface area contributed by atoms with Crippen LogP contribution in [0.3, 0.4) is 0 Å². The molecule has 0 bridgehead atoms. The number of aliphatic carboxylic acids is 1. The van der Waals surface area contributed by atoms with Gasteiger partial charge in [0.25, 0.3) is 0 Å².